The molecule has 4 unspecified atom stereocenters. The normalized spacial score (nSPS) is 40.9. The van der Waals surface area contributed by atoms with Crippen LogP contribution in [0, 0.1) is 74.4 Å². The predicted molar refractivity (Wildman–Crippen MR) is 188 cm³/mol. The summed E-state index contributed by atoms with van der Waals surface area (Å²) in [6.07, 6.45) is 4.85. The Morgan fingerprint density at radius 1 is 0.489 bits per heavy atom. The average Bonchev–Trinajstić information content (AvgIpc) is 2.91. The molecule has 8 heteroatoms. The summed E-state index contributed by atoms with van der Waals surface area (Å²) in [7, 11) is -2.68. The first kappa shape index (κ1) is 38.4. The molecule has 2 saturated heterocycles. The largest absolute Gasteiger partial charge is 0.332 e. The molecule has 0 bridgehead atoms. The lowest BCUT2D eigenvalue weighted by molar-refractivity contribution is -0.0818. The Kier molecular flexibility index (Phi) is 12.3. The lowest BCUT2D eigenvalue weighted by Crippen LogP contribution is -2.45. The van der Waals surface area contributed by atoms with Crippen molar-refractivity contribution in [3.8, 4) is 0 Å². The van der Waals surface area contributed by atoms with Gasteiger partial charge < -0.3 is 27.1 Å². The Hall–Kier alpha value is 0.620. The Balaban J connectivity index is 1.22. The molecule has 0 aromatic rings. The van der Waals surface area contributed by atoms with Crippen molar-refractivity contribution in [1.29, 1.82) is 0 Å². The molecule has 4 rings (SSSR count). The van der Waals surface area contributed by atoms with E-state index in [-0.39, 0.29) is 5.41 Å². The predicted octanol–water partition coefficient (Wildman–Crippen LogP) is 11.3. The maximum atomic E-state index is 6.33. The summed E-state index contributed by atoms with van der Waals surface area (Å²) in [5.41, 5.74) is 0.883. The van der Waals surface area contributed by atoms with Gasteiger partial charge in [0.2, 0.25) is 0 Å². The quantitative estimate of drug-likeness (QED) is 0.262. The molecule has 4 fully saturated rings. The molecule has 0 aromatic carbocycles. The van der Waals surface area contributed by atoms with Crippen LogP contribution in [0.2, 0.25) is 0 Å². The van der Waals surface area contributed by atoms with Crippen molar-refractivity contribution in [2.24, 2.45) is 74.4 Å². The van der Waals surface area contributed by atoms with Crippen LogP contribution in [0.25, 0.3) is 0 Å². The Bertz CT molecular complexity index is 803. The van der Waals surface area contributed by atoms with Gasteiger partial charge in [-0.1, -0.05) is 96.9 Å². The fourth-order valence-corrected chi connectivity index (χ4v) is 12.1. The van der Waals surface area contributed by atoms with E-state index >= 15 is 0 Å². The molecule has 1 spiro atoms. The molecule has 45 heavy (non-hydrogen) atoms. The first-order valence-corrected chi connectivity index (χ1v) is 20.2. The van der Waals surface area contributed by atoms with E-state index in [0.717, 1.165) is 0 Å². The summed E-state index contributed by atoms with van der Waals surface area (Å²) in [6.45, 7) is 37.4. The van der Waals surface area contributed by atoms with E-state index in [2.05, 4.69) is 96.9 Å². The van der Waals surface area contributed by atoms with Crippen LogP contribution in [-0.4, -0.2) is 39.6 Å². The fourth-order valence-electron chi connectivity index (χ4n) is 9.45. The summed E-state index contributed by atoms with van der Waals surface area (Å²) < 4.78 is 37.4. The Labute approximate surface area is 280 Å². The first-order valence-electron chi connectivity index (χ1n) is 18.0. The zero-order valence-corrected chi connectivity index (χ0v) is 33.3. The van der Waals surface area contributed by atoms with Crippen LogP contribution in [0.4, 0.5) is 0 Å². The summed E-state index contributed by atoms with van der Waals surface area (Å²) in [5.74, 6) is 5.22. The molecule has 0 aromatic heterocycles. The maximum absolute atomic E-state index is 6.33. The summed E-state index contributed by atoms with van der Waals surface area (Å²) in [5, 5.41) is 0. The van der Waals surface area contributed by atoms with Crippen LogP contribution in [0.1, 0.15) is 123 Å². The molecule has 2 saturated carbocycles. The van der Waals surface area contributed by atoms with Gasteiger partial charge in [0.15, 0.2) is 0 Å². The van der Waals surface area contributed by atoms with Crippen molar-refractivity contribution in [3.05, 3.63) is 0 Å². The smallest absolute Gasteiger partial charge is 0.312 e. The van der Waals surface area contributed by atoms with Crippen LogP contribution in [-0.2, 0) is 27.1 Å². The summed E-state index contributed by atoms with van der Waals surface area (Å²) in [6, 6.07) is 0. The van der Waals surface area contributed by atoms with Crippen LogP contribution in [0.15, 0.2) is 0 Å². The molecule has 0 N–H and O–H groups in total. The minimum Gasteiger partial charge on any atom is -0.312 e. The van der Waals surface area contributed by atoms with E-state index in [9.17, 15) is 0 Å². The highest BCUT2D eigenvalue weighted by Gasteiger charge is 2.48. The van der Waals surface area contributed by atoms with Crippen molar-refractivity contribution < 1.29 is 27.1 Å². The van der Waals surface area contributed by atoms with Crippen molar-refractivity contribution in [3.63, 3.8) is 0 Å². The fraction of sp³-hybridized carbons (Fsp3) is 1.00. The van der Waals surface area contributed by atoms with Crippen LogP contribution >= 0.6 is 17.2 Å². The topological polar surface area (TPSA) is 55.4 Å². The van der Waals surface area contributed by atoms with Gasteiger partial charge in [-0.05, 0) is 94.7 Å². The van der Waals surface area contributed by atoms with Crippen molar-refractivity contribution in [2.75, 3.05) is 39.6 Å². The van der Waals surface area contributed by atoms with Gasteiger partial charge in [0.05, 0.1) is 45.1 Å². The van der Waals surface area contributed by atoms with E-state index in [1.54, 1.807) is 0 Å². The third-order valence-electron chi connectivity index (χ3n) is 12.1. The molecule has 6 nitrogen and oxygen atoms in total. The van der Waals surface area contributed by atoms with Gasteiger partial charge >= 0.3 is 17.2 Å². The molecular weight excluding hydrogens is 602 g/mol. The molecule has 0 amide bonds. The highest BCUT2D eigenvalue weighted by Crippen LogP contribution is 2.57. The highest BCUT2D eigenvalue weighted by atomic mass is 31.2. The van der Waals surface area contributed by atoms with Gasteiger partial charge in [-0.25, -0.2) is 0 Å². The summed E-state index contributed by atoms with van der Waals surface area (Å²) in [4.78, 5) is 0. The molecule has 0 radical (unpaired) electrons. The van der Waals surface area contributed by atoms with Gasteiger partial charge in [-0.3, -0.25) is 0 Å². The SMILES string of the molecule is CC1C(C(C)(C)C)CC(COP2OCC3(CO2)COP(OCC2CC(C(C)(C)C)C(C)C(C(C)(C)C)C2)OC3)CC1C(C)(C)C. The van der Waals surface area contributed by atoms with Gasteiger partial charge in [0.25, 0.3) is 0 Å². The lowest BCUT2D eigenvalue weighted by atomic mass is 9.55. The molecule has 264 valence electrons. The minimum atomic E-state index is -1.34. The lowest BCUT2D eigenvalue weighted by Gasteiger charge is -2.50. The van der Waals surface area contributed by atoms with Gasteiger partial charge in [-0.2, -0.15) is 0 Å². The van der Waals surface area contributed by atoms with Crippen molar-refractivity contribution >= 4 is 17.2 Å². The third kappa shape index (κ3) is 9.87. The van der Waals surface area contributed by atoms with Gasteiger partial charge in [0.1, 0.15) is 0 Å². The molecule has 2 aliphatic heterocycles. The zero-order chi connectivity index (χ0) is 33.6. The number of hydrogen-bond donors (Lipinski definition) is 0. The molecule has 2 heterocycles. The van der Waals surface area contributed by atoms with E-state index in [1.807, 2.05) is 0 Å². The van der Waals surface area contributed by atoms with Crippen LogP contribution in [0.5, 0.6) is 0 Å². The minimum absolute atomic E-state index is 0.283. The third-order valence-corrected chi connectivity index (χ3v) is 14.2. The van der Waals surface area contributed by atoms with Crippen LogP contribution in [0.3, 0.4) is 0 Å². The zero-order valence-electron chi connectivity index (χ0n) is 31.5. The second-order valence-corrected chi connectivity index (χ2v) is 22.4. The van der Waals surface area contributed by atoms with Crippen molar-refractivity contribution in [2.45, 2.75) is 123 Å². The Morgan fingerprint density at radius 3 is 0.956 bits per heavy atom. The first-order chi connectivity index (χ1) is 20.6. The highest BCUT2D eigenvalue weighted by molar-refractivity contribution is 7.42. The standard InChI is InChI=1S/C37H70O6P2/c1-25-29(33(3,4)5)15-27(16-30(25)34(6,7)8)19-38-44-40-21-37(22-41-44)23-42-45(43-24-37)39-20-28-17-31(35(9,10)11)26(2)32(18-28)36(12,13)14/h25-32H,15-24H2,1-14H3. The molecule has 2 aliphatic carbocycles. The molecule has 4 aliphatic rings. The number of hydrogen-bond acceptors (Lipinski definition) is 6. The van der Waals surface area contributed by atoms with Gasteiger partial charge in [0, 0.05) is 0 Å². The van der Waals surface area contributed by atoms with Crippen LogP contribution < -0.4 is 0 Å². The monoisotopic (exact) mass is 672 g/mol. The molecular formula is C37H70O6P2. The van der Waals surface area contributed by atoms with E-state index in [1.165, 1.54) is 25.7 Å². The van der Waals surface area contributed by atoms with E-state index in [4.69, 9.17) is 27.1 Å². The average molecular weight is 673 g/mol. The summed E-state index contributed by atoms with van der Waals surface area (Å²) >= 11 is 0. The van der Waals surface area contributed by atoms with Gasteiger partial charge in [-0.15, -0.1) is 0 Å². The van der Waals surface area contributed by atoms with E-state index in [0.29, 0.717) is 109 Å². The Morgan fingerprint density at radius 2 is 0.733 bits per heavy atom. The second-order valence-electron chi connectivity index (χ2n) is 19.9. The molecule has 4 atom stereocenters. The van der Waals surface area contributed by atoms with E-state index < -0.39 is 17.2 Å². The maximum Gasteiger partial charge on any atom is 0.332 e. The van der Waals surface area contributed by atoms with Crippen molar-refractivity contribution in [1.82, 2.24) is 0 Å². The second kappa shape index (κ2) is 14.5. The number of rotatable bonds is 6.